The molecule has 4 N–H and O–H groups in total. The highest BCUT2D eigenvalue weighted by molar-refractivity contribution is 5.95. The minimum atomic E-state index is -0.708. The van der Waals surface area contributed by atoms with E-state index < -0.39 is 10.8 Å². The van der Waals surface area contributed by atoms with Crippen LogP contribution in [-0.2, 0) is 6.54 Å². The summed E-state index contributed by atoms with van der Waals surface area (Å²) in [4.78, 5) is 25.2. The molecule has 0 radical (unpaired) electrons. The fourth-order valence-corrected chi connectivity index (χ4v) is 2.76. The van der Waals surface area contributed by atoms with Crippen LogP contribution in [0.25, 0.3) is 5.82 Å². The molecule has 3 rings (SSSR count). The summed E-state index contributed by atoms with van der Waals surface area (Å²) in [6.07, 6.45) is 1.07. The highest BCUT2D eigenvalue weighted by Gasteiger charge is 2.25. The number of aromatic nitrogens is 5. The lowest BCUT2D eigenvalue weighted by atomic mass is 10.2. The topological polar surface area (TPSA) is 204 Å². The molecule has 1 amide bonds. The van der Waals surface area contributed by atoms with E-state index in [1.165, 1.54) is 0 Å². The number of nitro benzene ring substituents is 1. The number of anilines is 1. The van der Waals surface area contributed by atoms with Crippen molar-refractivity contribution in [2.45, 2.75) is 20.4 Å². The molecule has 0 unspecified atom stereocenters. The fraction of sp³-hybridized carbons (Fsp3) is 0.294. The van der Waals surface area contributed by atoms with Crippen LogP contribution in [0.2, 0.25) is 0 Å². The zero-order chi connectivity index (χ0) is 23.3. The Morgan fingerprint density at radius 1 is 1.41 bits per heavy atom. The van der Waals surface area contributed by atoms with Gasteiger partial charge in [0.25, 0.3) is 11.6 Å². The number of nitrogens with one attached hydrogen (secondary N) is 1. The van der Waals surface area contributed by atoms with Gasteiger partial charge < -0.3 is 10.8 Å². The lowest BCUT2D eigenvalue weighted by Crippen LogP contribution is -2.27. The van der Waals surface area contributed by atoms with E-state index >= 15 is 0 Å². The quantitative estimate of drug-likeness (QED) is 0.235. The van der Waals surface area contributed by atoms with Gasteiger partial charge in [0.05, 0.1) is 11.1 Å². The number of nitrogens with two attached hydrogens (primary N) is 1. The second kappa shape index (κ2) is 9.61. The number of phenolic OH excluding ortho intramolecular Hbond substituents is 1. The molecule has 32 heavy (non-hydrogen) atoms. The van der Waals surface area contributed by atoms with Gasteiger partial charge in [-0.05, 0) is 29.5 Å². The smallest absolute Gasteiger partial charge is 0.292 e. The Kier molecular flexibility index (Phi) is 6.69. The molecule has 0 aliphatic heterocycles. The SMILES string of the molecule is CCN(CC)Cc1nnn(-c2nonc2N)c1C(=O)N/N=C\c1cc([N+](=O)[O-])ccc1O. The summed E-state index contributed by atoms with van der Waals surface area (Å²) < 4.78 is 5.67. The van der Waals surface area contributed by atoms with Crippen LogP contribution in [0.15, 0.2) is 27.9 Å². The van der Waals surface area contributed by atoms with Gasteiger partial charge in [0.15, 0.2) is 5.69 Å². The molecular weight excluding hydrogens is 424 g/mol. The van der Waals surface area contributed by atoms with Gasteiger partial charge >= 0.3 is 0 Å². The van der Waals surface area contributed by atoms with Gasteiger partial charge in [0.2, 0.25) is 11.6 Å². The molecule has 3 aromatic rings. The van der Waals surface area contributed by atoms with Crippen molar-refractivity contribution in [3.63, 3.8) is 0 Å². The van der Waals surface area contributed by atoms with E-state index in [1.54, 1.807) is 0 Å². The van der Waals surface area contributed by atoms with E-state index in [2.05, 4.69) is 35.8 Å². The molecule has 0 fully saturated rings. The summed E-state index contributed by atoms with van der Waals surface area (Å²) in [5.41, 5.74) is 8.15. The minimum Gasteiger partial charge on any atom is -0.507 e. The van der Waals surface area contributed by atoms with Crippen molar-refractivity contribution in [1.82, 2.24) is 35.6 Å². The first kappa shape index (κ1) is 22.3. The predicted octanol–water partition coefficient (Wildman–Crippen LogP) is 0.452. The van der Waals surface area contributed by atoms with Crippen molar-refractivity contribution in [1.29, 1.82) is 0 Å². The van der Waals surface area contributed by atoms with Gasteiger partial charge in [-0.25, -0.2) is 10.1 Å². The van der Waals surface area contributed by atoms with Crippen LogP contribution < -0.4 is 11.2 Å². The molecule has 2 aromatic heterocycles. The Morgan fingerprint density at radius 3 is 2.78 bits per heavy atom. The number of nitrogens with zero attached hydrogens (tertiary/aromatic N) is 8. The third kappa shape index (κ3) is 4.67. The number of nitro groups is 1. The highest BCUT2D eigenvalue weighted by atomic mass is 16.6. The lowest BCUT2D eigenvalue weighted by molar-refractivity contribution is -0.384. The molecule has 0 aliphatic carbocycles. The van der Waals surface area contributed by atoms with Crippen LogP contribution in [0, 0.1) is 10.1 Å². The summed E-state index contributed by atoms with van der Waals surface area (Å²) in [5.74, 6) is -1.07. The largest absolute Gasteiger partial charge is 0.507 e. The van der Waals surface area contributed by atoms with E-state index in [1.807, 2.05) is 18.7 Å². The molecule has 0 saturated heterocycles. The molecule has 15 heteroatoms. The normalized spacial score (nSPS) is 11.3. The van der Waals surface area contributed by atoms with Crippen molar-refractivity contribution in [3.05, 3.63) is 45.3 Å². The molecular formula is C17H20N10O5. The first-order valence-corrected chi connectivity index (χ1v) is 9.41. The van der Waals surface area contributed by atoms with Gasteiger partial charge in [-0.15, -0.1) is 5.10 Å². The number of hydrazone groups is 1. The van der Waals surface area contributed by atoms with Gasteiger partial charge in [-0.2, -0.15) is 9.78 Å². The molecule has 15 nitrogen and oxygen atoms in total. The van der Waals surface area contributed by atoms with Crippen LogP contribution in [0.3, 0.4) is 0 Å². The first-order chi connectivity index (χ1) is 15.3. The van der Waals surface area contributed by atoms with Crippen LogP contribution in [-0.4, -0.2) is 65.4 Å². The number of hydrogen-bond donors (Lipinski definition) is 3. The Bertz CT molecular complexity index is 1150. The predicted molar refractivity (Wildman–Crippen MR) is 110 cm³/mol. The second-order valence-electron chi connectivity index (χ2n) is 6.43. The number of amides is 1. The van der Waals surface area contributed by atoms with E-state index in [-0.39, 0.29) is 34.3 Å². The maximum Gasteiger partial charge on any atom is 0.292 e. The molecule has 0 atom stereocenters. The Balaban J connectivity index is 1.90. The summed E-state index contributed by atoms with van der Waals surface area (Å²) in [5, 5.41) is 39.7. The van der Waals surface area contributed by atoms with Crippen LogP contribution in [0.5, 0.6) is 5.75 Å². The Morgan fingerprint density at radius 2 is 2.16 bits per heavy atom. The maximum atomic E-state index is 12.9. The molecule has 0 aliphatic rings. The molecule has 1 aromatic carbocycles. The van der Waals surface area contributed by atoms with E-state index in [0.29, 0.717) is 25.3 Å². The molecule has 0 bridgehead atoms. The van der Waals surface area contributed by atoms with E-state index in [4.69, 9.17) is 5.73 Å². The highest BCUT2D eigenvalue weighted by Crippen LogP contribution is 2.21. The van der Waals surface area contributed by atoms with E-state index in [9.17, 15) is 20.0 Å². The van der Waals surface area contributed by atoms with Gasteiger partial charge in [-0.1, -0.05) is 19.1 Å². The zero-order valence-corrected chi connectivity index (χ0v) is 17.2. The van der Waals surface area contributed by atoms with Crippen molar-refractivity contribution < 1.29 is 19.5 Å². The van der Waals surface area contributed by atoms with E-state index in [0.717, 1.165) is 29.1 Å². The number of benzene rings is 1. The Labute approximate surface area is 180 Å². The average Bonchev–Trinajstić information content (AvgIpc) is 3.38. The number of carbonyl (C=O) groups excluding carboxylic acids is 1. The minimum absolute atomic E-state index is 0.000265. The molecule has 2 heterocycles. The summed E-state index contributed by atoms with van der Waals surface area (Å²) in [6.45, 7) is 5.66. The van der Waals surface area contributed by atoms with Crippen molar-refractivity contribution >= 4 is 23.6 Å². The lowest BCUT2D eigenvalue weighted by Gasteiger charge is -2.16. The number of rotatable bonds is 9. The van der Waals surface area contributed by atoms with Crippen LogP contribution >= 0.6 is 0 Å². The van der Waals surface area contributed by atoms with Crippen molar-refractivity contribution in [2.75, 3.05) is 18.8 Å². The number of phenols is 1. The van der Waals surface area contributed by atoms with Crippen molar-refractivity contribution in [2.24, 2.45) is 5.10 Å². The number of non-ortho nitro benzene ring substituents is 1. The third-order valence-corrected chi connectivity index (χ3v) is 4.51. The fourth-order valence-electron chi connectivity index (χ4n) is 2.76. The number of nitrogen functional groups attached to an aromatic ring is 1. The first-order valence-electron chi connectivity index (χ1n) is 9.41. The molecule has 168 valence electrons. The molecule has 0 saturated carbocycles. The average molecular weight is 444 g/mol. The summed E-state index contributed by atoms with van der Waals surface area (Å²) in [6, 6.07) is 3.42. The molecule has 0 spiro atoms. The van der Waals surface area contributed by atoms with Crippen LogP contribution in [0.1, 0.15) is 35.6 Å². The number of hydrogen-bond acceptors (Lipinski definition) is 12. The Hall–Kier alpha value is -4.40. The van der Waals surface area contributed by atoms with Gasteiger partial charge in [0, 0.05) is 24.2 Å². The summed E-state index contributed by atoms with van der Waals surface area (Å²) in [7, 11) is 0. The standard InChI is InChI=1S/C17H20N10O5/c1-3-25(4-2)9-12-14(26(24-20-12)16-15(18)22-32-23-16)17(29)21-19-8-10-7-11(27(30)31)5-6-13(10)28/h5-8,28H,3-4,9H2,1-2H3,(H2,18,22)(H,21,29)/b19-8-. The monoisotopic (exact) mass is 444 g/mol. The zero-order valence-electron chi connectivity index (χ0n) is 17.2. The number of carbonyl (C=O) groups is 1. The van der Waals surface area contributed by atoms with Gasteiger partial charge in [0.1, 0.15) is 11.4 Å². The van der Waals surface area contributed by atoms with Gasteiger partial charge in [-0.3, -0.25) is 19.8 Å². The second-order valence-corrected chi connectivity index (χ2v) is 6.43. The number of aromatic hydroxyl groups is 1. The van der Waals surface area contributed by atoms with Crippen molar-refractivity contribution in [3.8, 4) is 11.6 Å². The maximum absolute atomic E-state index is 12.9. The summed E-state index contributed by atoms with van der Waals surface area (Å²) >= 11 is 0. The third-order valence-electron chi connectivity index (χ3n) is 4.51. The van der Waals surface area contributed by atoms with Crippen LogP contribution in [0.4, 0.5) is 11.5 Å².